The van der Waals surface area contributed by atoms with Crippen molar-refractivity contribution in [3.8, 4) is 0 Å². The van der Waals surface area contributed by atoms with E-state index in [1.165, 1.54) is 28.3 Å². The standard InChI is InChI=1S/C20H20F3N5O2S/c1-11-15-18(25-10-27(2)19(15)30)31-16(11)17(29)26-13-5-7-28(8-6-13)14-4-3-12(9-24-14)20(21,22)23/h3-4,9-10,13H,5-8H2,1-2H3,(H,26,29). The third kappa shape index (κ3) is 4.14. The Morgan fingerprint density at radius 3 is 2.55 bits per heavy atom. The molecule has 0 aliphatic carbocycles. The fourth-order valence-corrected chi connectivity index (χ4v) is 4.71. The van der Waals surface area contributed by atoms with Crippen LogP contribution in [-0.2, 0) is 13.2 Å². The first kappa shape index (κ1) is 21.3. The fraction of sp³-hybridized carbons (Fsp3) is 0.400. The van der Waals surface area contributed by atoms with Gasteiger partial charge in [-0.15, -0.1) is 11.3 Å². The Kier molecular flexibility index (Phi) is 5.46. The van der Waals surface area contributed by atoms with Gasteiger partial charge in [0, 0.05) is 32.4 Å². The van der Waals surface area contributed by atoms with E-state index < -0.39 is 11.7 Å². The monoisotopic (exact) mass is 451 g/mol. The van der Waals surface area contributed by atoms with Crippen LogP contribution in [0.25, 0.3) is 10.2 Å². The normalized spacial score (nSPS) is 15.5. The van der Waals surface area contributed by atoms with Crippen LogP contribution in [0.15, 0.2) is 29.5 Å². The summed E-state index contributed by atoms with van der Waals surface area (Å²) in [5.74, 6) is 0.244. The molecular formula is C20H20F3N5O2S. The van der Waals surface area contributed by atoms with Crippen LogP contribution in [0.1, 0.15) is 33.6 Å². The average molecular weight is 451 g/mol. The summed E-state index contributed by atoms with van der Waals surface area (Å²) >= 11 is 1.20. The van der Waals surface area contributed by atoms with Crippen molar-refractivity contribution < 1.29 is 18.0 Å². The Morgan fingerprint density at radius 2 is 1.94 bits per heavy atom. The van der Waals surface area contributed by atoms with Gasteiger partial charge in [-0.2, -0.15) is 13.2 Å². The Labute approximate surface area is 179 Å². The van der Waals surface area contributed by atoms with Gasteiger partial charge in [0.2, 0.25) is 0 Å². The second-order valence-corrected chi connectivity index (χ2v) is 8.53. The summed E-state index contributed by atoms with van der Waals surface area (Å²) in [5.41, 5.74) is -0.339. The summed E-state index contributed by atoms with van der Waals surface area (Å²) in [5, 5.41) is 3.47. The van der Waals surface area contributed by atoms with Crippen molar-refractivity contribution in [3.63, 3.8) is 0 Å². The Hall–Kier alpha value is -2.95. The predicted molar refractivity (Wildman–Crippen MR) is 112 cm³/mol. The number of carbonyl (C=O) groups excluding carboxylic acids is 1. The molecule has 31 heavy (non-hydrogen) atoms. The number of fused-ring (bicyclic) bond motifs is 1. The molecule has 1 amide bonds. The van der Waals surface area contributed by atoms with Gasteiger partial charge < -0.3 is 14.8 Å². The van der Waals surface area contributed by atoms with E-state index in [0.717, 1.165) is 12.3 Å². The number of alkyl halides is 3. The molecule has 0 radical (unpaired) electrons. The Balaban J connectivity index is 1.41. The van der Waals surface area contributed by atoms with Crippen LogP contribution >= 0.6 is 11.3 Å². The van der Waals surface area contributed by atoms with Gasteiger partial charge in [-0.25, -0.2) is 9.97 Å². The molecule has 0 unspecified atom stereocenters. The van der Waals surface area contributed by atoms with Crippen molar-refractivity contribution in [2.45, 2.75) is 32.0 Å². The van der Waals surface area contributed by atoms with Crippen molar-refractivity contribution in [3.05, 3.63) is 51.0 Å². The number of aryl methyl sites for hydroxylation is 2. The van der Waals surface area contributed by atoms with E-state index in [0.29, 0.717) is 52.4 Å². The molecule has 3 aromatic rings. The zero-order valence-electron chi connectivity index (χ0n) is 16.9. The summed E-state index contributed by atoms with van der Waals surface area (Å²) in [6.07, 6.45) is -0.858. The maximum absolute atomic E-state index is 12.8. The van der Waals surface area contributed by atoms with Gasteiger partial charge in [0.15, 0.2) is 0 Å². The molecule has 11 heteroatoms. The summed E-state index contributed by atoms with van der Waals surface area (Å²) in [7, 11) is 1.62. The molecule has 0 bridgehead atoms. The van der Waals surface area contributed by atoms with Gasteiger partial charge in [0.05, 0.1) is 22.2 Å². The highest BCUT2D eigenvalue weighted by molar-refractivity contribution is 7.20. The van der Waals surface area contributed by atoms with Crippen LogP contribution in [0, 0.1) is 6.92 Å². The second-order valence-electron chi connectivity index (χ2n) is 7.53. The zero-order valence-corrected chi connectivity index (χ0v) is 17.7. The number of carbonyl (C=O) groups is 1. The first-order valence-electron chi connectivity index (χ1n) is 9.69. The van der Waals surface area contributed by atoms with Crippen LogP contribution in [0.4, 0.5) is 19.0 Å². The molecule has 0 aromatic carbocycles. The Bertz CT molecular complexity index is 1180. The van der Waals surface area contributed by atoms with E-state index in [9.17, 15) is 22.8 Å². The summed E-state index contributed by atoms with van der Waals surface area (Å²) < 4.78 is 39.5. The van der Waals surface area contributed by atoms with Crippen LogP contribution < -0.4 is 15.8 Å². The van der Waals surface area contributed by atoms with E-state index in [4.69, 9.17) is 0 Å². The van der Waals surface area contributed by atoms with Gasteiger partial charge in [-0.1, -0.05) is 0 Å². The van der Waals surface area contributed by atoms with Crippen molar-refractivity contribution in [2.24, 2.45) is 7.05 Å². The number of halogens is 3. The topological polar surface area (TPSA) is 80.1 Å². The maximum atomic E-state index is 12.8. The summed E-state index contributed by atoms with van der Waals surface area (Å²) in [4.78, 5) is 36.2. The molecular weight excluding hydrogens is 431 g/mol. The van der Waals surface area contributed by atoms with Gasteiger partial charge >= 0.3 is 6.18 Å². The lowest BCUT2D eigenvalue weighted by Crippen LogP contribution is -2.45. The van der Waals surface area contributed by atoms with Crippen LogP contribution in [0.2, 0.25) is 0 Å². The van der Waals surface area contributed by atoms with E-state index in [1.54, 1.807) is 14.0 Å². The molecule has 4 rings (SSSR count). The lowest BCUT2D eigenvalue weighted by molar-refractivity contribution is -0.137. The predicted octanol–water partition coefficient (Wildman–Crippen LogP) is 3.12. The highest BCUT2D eigenvalue weighted by Crippen LogP contribution is 2.30. The Morgan fingerprint density at radius 1 is 1.23 bits per heavy atom. The van der Waals surface area contributed by atoms with Gasteiger partial charge in [-0.3, -0.25) is 9.59 Å². The summed E-state index contributed by atoms with van der Waals surface area (Å²) in [6, 6.07) is 2.33. The van der Waals surface area contributed by atoms with E-state index in [-0.39, 0.29) is 17.5 Å². The number of amides is 1. The highest BCUT2D eigenvalue weighted by atomic mass is 32.1. The minimum atomic E-state index is -4.41. The maximum Gasteiger partial charge on any atom is 0.417 e. The number of hydrogen-bond acceptors (Lipinski definition) is 6. The number of nitrogens with zero attached hydrogens (tertiary/aromatic N) is 4. The SMILES string of the molecule is Cc1c(C(=O)NC2CCN(c3ccc(C(F)(F)F)cn3)CC2)sc2ncn(C)c(=O)c12. The number of piperidine rings is 1. The quantitative estimate of drug-likeness (QED) is 0.662. The number of thiophene rings is 1. The largest absolute Gasteiger partial charge is 0.417 e. The molecule has 0 saturated carbocycles. The zero-order chi connectivity index (χ0) is 22.3. The number of hydrogen-bond donors (Lipinski definition) is 1. The number of rotatable bonds is 3. The first-order valence-corrected chi connectivity index (χ1v) is 10.5. The molecule has 1 aliphatic heterocycles. The third-order valence-electron chi connectivity index (χ3n) is 5.45. The molecule has 7 nitrogen and oxygen atoms in total. The number of pyridine rings is 1. The number of aromatic nitrogens is 3. The lowest BCUT2D eigenvalue weighted by Gasteiger charge is -2.33. The number of anilines is 1. The summed E-state index contributed by atoms with van der Waals surface area (Å²) in [6.45, 7) is 2.88. The van der Waals surface area contributed by atoms with Crippen molar-refractivity contribution in [1.29, 1.82) is 0 Å². The van der Waals surface area contributed by atoms with Crippen LogP contribution in [0.5, 0.6) is 0 Å². The molecule has 4 heterocycles. The molecule has 1 saturated heterocycles. The van der Waals surface area contributed by atoms with Crippen LogP contribution in [-0.4, -0.2) is 39.6 Å². The smallest absolute Gasteiger partial charge is 0.356 e. The molecule has 0 spiro atoms. The minimum Gasteiger partial charge on any atom is -0.356 e. The second kappa shape index (κ2) is 7.95. The first-order chi connectivity index (χ1) is 14.6. The van der Waals surface area contributed by atoms with Crippen molar-refractivity contribution in [1.82, 2.24) is 19.9 Å². The lowest BCUT2D eigenvalue weighted by atomic mass is 10.0. The molecule has 164 valence electrons. The van der Waals surface area contributed by atoms with Gasteiger partial charge in [0.1, 0.15) is 10.6 Å². The number of nitrogens with one attached hydrogen (secondary N) is 1. The van der Waals surface area contributed by atoms with E-state index in [1.807, 2.05) is 4.90 Å². The highest BCUT2D eigenvalue weighted by Gasteiger charge is 2.31. The van der Waals surface area contributed by atoms with Gasteiger partial charge in [-0.05, 0) is 37.5 Å². The van der Waals surface area contributed by atoms with E-state index in [2.05, 4.69) is 15.3 Å². The molecule has 1 N–H and O–H groups in total. The third-order valence-corrected chi connectivity index (χ3v) is 6.64. The van der Waals surface area contributed by atoms with Crippen molar-refractivity contribution >= 4 is 33.3 Å². The average Bonchev–Trinajstić information content (AvgIpc) is 3.08. The molecule has 0 atom stereocenters. The van der Waals surface area contributed by atoms with Crippen molar-refractivity contribution in [2.75, 3.05) is 18.0 Å². The molecule has 1 aliphatic rings. The molecule has 1 fully saturated rings. The fourth-order valence-electron chi connectivity index (χ4n) is 3.67. The minimum absolute atomic E-state index is 0.0707. The molecule has 3 aromatic heterocycles. The van der Waals surface area contributed by atoms with Gasteiger partial charge in [0.25, 0.3) is 11.5 Å². The van der Waals surface area contributed by atoms with E-state index >= 15 is 0 Å². The van der Waals surface area contributed by atoms with Crippen LogP contribution in [0.3, 0.4) is 0 Å².